The third kappa shape index (κ3) is 1.64. The molecule has 2 aromatic rings. The minimum Gasteiger partial charge on any atom is -0.469 e. The largest absolute Gasteiger partial charge is 0.469 e. The lowest BCUT2D eigenvalue weighted by Crippen LogP contribution is -2.29. The van der Waals surface area contributed by atoms with Crippen molar-refractivity contribution in [3.05, 3.63) is 58.5 Å². The van der Waals surface area contributed by atoms with Gasteiger partial charge in [0.2, 0.25) is 0 Å². The summed E-state index contributed by atoms with van der Waals surface area (Å²) in [4.78, 5) is 0. The van der Waals surface area contributed by atoms with Crippen molar-refractivity contribution < 1.29 is 4.42 Å². The van der Waals surface area contributed by atoms with E-state index in [9.17, 15) is 0 Å². The summed E-state index contributed by atoms with van der Waals surface area (Å²) in [5.41, 5.74) is 2.47. The second kappa shape index (κ2) is 3.96. The van der Waals surface area contributed by atoms with Gasteiger partial charge >= 0.3 is 0 Å². The van der Waals surface area contributed by atoms with Gasteiger partial charge in [-0.1, -0.05) is 23.7 Å². The molecule has 1 atom stereocenters. The van der Waals surface area contributed by atoms with Crippen LogP contribution in [0.25, 0.3) is 0 Å². The van der Waals surface area contributed by atoms with Crippen LogP contribution in [0.2, 0.25) is 5.02 Å². The number of hydrogen-bond donors (Lipinski definition) is 1. The summed E-state index contributed by atoms with van der Waals surface area (Å²) < 4.78 is 5.47. The van der Waals surface area contributed by atoms with E-state index in [0.717, 1.165) is 23.7 Å². The van der Waals surface area contributed by atoms with Gasteiger partial charge in [0.25, 0.3) is 0 Å². The summed E-state index contributed by atoms with van der Waals surface area (Å²) in [6.45, 7) is 0.952. The Labute approximate surface area is 99.2 Å². The van der Waals surface area contributed by atoms with E-state index in [4.69, 9.17) is 16.0 Å². The van der Waals surface area contributed by atoms with Crippen LogP contribution in [-0.4, -0.2) is 6.54 Å². The monoisotopic (exact) mass is 233 g/mol. The number of benzene rings is 1. The number of rotatable bonds is 1. The zero-order chi connectivity index (χ0) is 11.0. The van der Waals surface area contributed by atoms with E-state index < -0.39 is 0 Å². The zero-order valence-electron chi connectivity index (χ0n) is 8.74. The average Bonchev–Trinajstić information content (AvgIpc) is 2.78. The Kier molecular flexibility index (Phi) is 2.46. The standard InChI is InChI=1S/C13H12ClNO/c14-10-3-1-9(2-4-10)13-11-6-8-16-12(11)5-7-15-13/h1-4,6,8,13,15H,5,7H2. The molecule has 16 heavy (non-hydrogen) atoms. The summed E-state index contributed by atoms with van der Waals surface area (Å²) in [7, 11) is 0. The molecular formula is C13H12ClNO. The van der Waals surface area contributed by atoms with Crippen LogP contribution in [0, 0.1) is 0 Å². The van der Waals surface area contributed by atoms with Crippen LogP contribution in [0.15, 0.2) is 41.0 Å². The molecule has 0 spiro atoms. The molecule has 2 nitrogen and oxygen atoms in total. The van der Waals surface area contributed by atoms with Gasteiger partial charge in [0.05, 0.1) is 12.3 Å². The highest BCUT2D eigenvalue weighted by atomic mass is 35.5. The number of halogens is 1. The molecule has 0 saturated heterocycles. The van der Waals surface area contributed by atoms with E-state index in [1.165, 1.54) is 11.1 Å². The van der Waals surface area contributed by atoms with Crippen molar-refractivity contribution in [2.45, 2.75) is 12.5 Å². The maximum Gasteiger partial charge on any atom is 0.110 e. The molecule has 0 fully saturated rings. The Morgan fingerprint density at radius 3 is 2.81 bits per heavy atom. The van der Waals surface area contributed by atoms with Crippen LogP contribution in [0.5, 0.6) is 0 Å². The Balaban J connectivity index is 2.00. The van der Waals surface area contributed by atoms with Gasteiger partial charge in [-0.05, 0) is 23.8 Å². The van der Waals surface area contributed by atoms with E-state index >= 15 is 0 Å². The molecule has 0 radical (unpaired) electrons. The van der Waals surface area contributed by atoms with E-state index in [1.807, 2.05) is 18.2 Å². The first-order valence-corrected chi connectivity index (χ1v) is 5.77. The van der Waals surface area contributed by atoms with E-state index in [-0.39, 0.29) is 6.04 Å². The fourth-order valence-electron chi connectivity index (χ4n) is 2.20. The van der Waals surface area contributed by atoms with Gasteiger partial charge in [-0.2, -0.15) is 0 Å². The van der Waals surface area contributed by atoms with Crippen molar-refractivity contribution in [2.75, 3.05) is 6.54 Å². The highest BCUT2D eigenvalue weighted by Gasteiger charge is 2.23. The summed E-state index contributed by atoms with van der Waals surface area (Å²) in [5, 5.41) is 4.26. The quantitative estimate of drug-likeness (QED) is 0.819. The molecule has 0 bridgehead atoms. The second-order valence-electron chi connectivity index (χ2n) is 3.99. The minimum absolute atomic E-state index is 0.236. The predicted molar refractivity (Wildman–Crippen MR) is 63.7 cm³/mol. The maximum absolute atomic E-state index is 5.89. The molecule has 3 rings (SSSR count). The zero-order valence-corrected chi connectivity index (χ0v) is 9.50. The van der Waals surface area contributed by atoms with Crippen molar-refractivity contribution >= 4 is 11.6 Å². The van der Waals surface area contributed by atoms with Crippen LogP contribution >= 0.6 is 11.6 Å². The van der Waals surface area contributed by atoms with Gasteiger partial charge in [0.1, 0.15) is 5.76 Å². The molecule has 0 saturated carbocycles. The fraction of sp³-hybridized carbons (Fsp3) is 0.231. The Morgan fingerprint density at radius 2 is 2.00 bits per heavy atom. The molecule has 1 N–H and O–H groups in total. The molecule has 1 aliphatic rings. The molecule has 1 aromatic carbocycles. The van der Waals surface area contributed by atoms with Crippen molar-refractivity contribution in [3.8, 4) is 0 Å². The predicted octanol–water partition coefficient (Wildman–Crippen LogP) is 3.17. The number of hydrogen-bond acceptors (Lipinski definition) is 2. The molecule has 1 aromatic heterocycles. The Hall–Kier alpha value is -1.25. The molecule has 1 aliphatic heterocycles. The van der Waals surface area contributed by atoms with Crippen LogP contribution in [0.1, 0.15) is 22.9 Å². The number of fused-ring (bicyclic) bond motifs is 1. The first-order chi connectivity index (χ1) is 7.84. The fourth-order valence-corrected chi connectivity index (χ4v) is 2.33. The highest BCUT2D eigenvalue weighted by molar-refractivity contribution is 6.30. The van der Waals surface area contributed by atoms with Gasteiger partial charge in [-0.15, -0.1) is 0 Å². The number of nitrogens with one attached hydrogen (secondary N) is 1. The van der Waals surface area contributed by atoms with Gasteiger partial charge < -0.3 is 9.73 Å². The van der Waals surface area contributed by atoms with Gasteiger partial charge in [0, 0.05) is 23.6 Å². The lowest BCUT2D eigenvalue weighted by Gasteiger charge is -2.23. The van der Waals surface area contributed by atoms with Crippen molar-refractivity contribution in [3.63, 3.8) is 0 Å². The molecule has 0 aliphatic carbocycles. The molecule has 0 amide bonds. The smallest absolute Gasteiger partial charge is 0.110 e. The van der Waals surface area contributed by atoms with E-state index in [2.05, 4.69) is 17.4 Å². The summed E-state index contributed by atoms with van der Waals surface area (Å²) in [6.07, 6.45) is 2.73. The van der Waals surface area contributed by atoms with Gasteiger partial charge in [-0.3, -0.25) is 0 Å². The van der Waals surface area contributed by atoms with Crippen LogP contribution in [0.3, 0.4) is 0 Å². The minimum atomic E-state index is 0.236. The van der Waals surface area contributed by atoms with Crippen LogP contribution in [-0.2, 0) is 6.42 Å². The van der Waals surface area contributed by atoms with Gasteiger partial charge in [0.15, 0.2) is 0 Å². The van der Waals surface area contributed by atoms with E-state index in [0.29, 0.717) is 0 Å². The SMILES string of the molecule is Clc1ccc(C2NCCc3occc32)cc1. The third-order valence-electron chi connectivity index (χ3n) is 2.99. The molecular weight excluding hydrogens is 222 g/mol. The lowest BCUT2D eigenvalue weighted by atomic mass is 9.95. The first-order valence-electron chi connectivity index (χ1n) is 5.40. The topological polar surface area (TPSA) is 25.2 Å². The number of furan rings is 1. The summed E-state index contributed by atoms with van der Waals surface area (Å²) in [6, 6.07) is 10.2. The molecule has 2 heterocycles. The lowest BCUT2D eigenvalue weighted by molar-refractivity contribution is 0.456. The molecule has 1 unspecified atom stereocenters. The van der Waals surface area contributed by atoms with Crippen molar-refractivity contribution in [1.29, 1.82) is 0 Å². The van der Waals surface area contributed by atoms with E-state index in [1.54, 1.807) is 6.26 Å². The third-order valence-corrected chi connectivity index (χ3v) is 3.25. The molecule has 3 heteroatoms. The van der Waals surface area contributed by atoms with Crippen LogP contribution < -0.4 is 5.32 Å². The molecule has 82 valence electrons. The summed E-state index contributed by atoms with van der Waals surface area (Å²) >= 11 is 5.89. The Morgan fingerprint density at radius 1 is 1.19 bits per heavy atom. The highest BCUT2D eigenvalue weighted by Crippen LogP contribution is 2.29. The van der Waals surface area contributed by atoms with Crippen molar-refractivity contribution in [2.24, 2.45) is 0 Å². The summed E-state index contributed by atoms with van der Waals surface area (Å²) in [5.74, 6) is 1.10. The van der Waals surface area contributed by atoms with Crippen LogP contribution in [0.4, 0.5) is 0 Å². The Bertz CT molecular complexity index is 489. The maximum atomic E-state index is 5.89. The van der Waals surface area contributed by atoms with Gasteiger partial charge in [-0.25, -0.2) is 0 Å². The second-order valence-corrected chi connectivity index (χ2v) is 4.42. The average molecular weight is 234 g/mol. The van der Waals surface area contributed by atoms with Crippen molar-refractivity contribution in [1.82, 2.24) is 5.32 Å². The first kappa shape index (κ1) is 9.94. The normalized spacial score (nSPS) is 19.4.